The third kappa shape index (κ3) is 2.70. The van der Waals surface area contributed by atoms with Crippen LogP contribution in [0.4, 0.5) is 0 Å². The highest BCUT2D eigenvalue weighted by Gasteiger charge is 2.18. The smallest absolute Gasteiger partial charge is 0.0301 e. The standard InChI is InChI=1S/C15H20S/c1-3-13-9-5-7-11-15(13)16-14-10-6-4-8-12(14)2/h5,7,9,11,14H,2-4,6,8,10H2,1H3. The van der Waals surface area contributed by atoms with Crippen molar-refractivity contribution in [2.45, 2.75) is 49.2 Å². The molecule has 1 fully saturated rings. The molecule has 1 aliphatic rings. The largest absolute Gasteiger partial charge is 0.118 e. The molecular formula is C15H20S. The van der Waals surface area contributed by atoms with Crippen molar-refractivity contribution in [1.82, 2.24) is 0 Å². The van der Waals surface area contributed by atoms with Crippen molar-refractivity contribution >= 4 is 11.8 Å². The van der Waals surface area contributed by atoms with Gasteiger partial charge in [-0.2, -0.15) is 0 Å². The lowest BCUT2D eigenvalue weighted by Gasteiger charge is -2.24. The summed E-state index contributed by atoms with van der Waals surface area (Å²) in [7, 11) is 0. The highest BCUT2D eigenvalue weighted by atomic mass is 32.2. The summed E-state index contributed by atoms with van der Waals surface area (Å²) in [6, 6.07) is 8.78. The predicted molar refractivity (Wildman–Crippen MR) is 73.1 cm³/mol. The third-order valence-corrected chi connectivity index (χ3v) is 4.80. The Morgan fingerprint density at radius 3 is 2.88 bits per heavy atom. The number of hydrogen-bond donors (Lipinski definition) is 0. The van der Waals surface area contributed by atoms with Crippen LogP contribution >= 0.6 is 11.8 Å². The molecule has 0 bridgehead atoms. The Morgan fingerprint density at radius 2 is 2.12 bits per heavy atom. The van der Waals surface area contributed by atoms with Crippen molar-refractivity contribution in [3.63, 3.8) is 0 Å². The molecule has 0 aliphatic heterocycles. The Morgan fingerprint density at radius 1 is 1.31 bits per heavy atom. The Balaban J connectivity index is 2.10. The fourth-order valence-electron chi connectivity index (χ4n) is 2.25. The van der Waals surface area contributed by atoms with Crippen LogP contribution < -0.4 is 0 Å². The Bertz CT molecular complexity index is 367. The van der Waals surface area contributed by atoms with Crippen LogP contribution in [-0.4, -0.2) is 5.25 Å². The molecule has 0 N–H and O–H groups in total. The second kappa shape index (κ2) is 5.58. The van der Waals surface area contributed by atoms with Gasteiger partial charge in [0.25, 0.3) is 0 Å². The normalized spacial score (nSPS) is 21.1. The van der Waals surface area contributed by atoms with Gasteiger partial charge in [0.1, 0.15) is 0 Å². The first kappa shape index (κ1) is 11.8. The van der Waals surface area contributed by atoms with Crippen molar-refractivity contribution in [3.05, 3.63) is 42.0 Å². The van der Waals surface area contributed by atoms with E-state index >= 15 is 0 Å². The summed E-state index contributed by atoms with van der Waals surface area (Å²) >= 11 is 2.02. The van der Waals surface area contributed by atoms with Crippen LogP contribution in [0.25, 0.3) is 0 Å². The molecule has 1 saturated carbocycles. The van der Waals surface area contributed by atoms with Crippen LogP contribution in [0.5, 0.6) is 0 Å². The maximum absolute atomic E-state index is 4.23. The molecule has 0 radical (unpaired) electrons. The van der Waals surface area contributed by atoms with Gasteiger partial charge in [-0.3, -0.25) is 0 Å². The molecular weight excluding hydrogens is 212 g/mol. The van der Waals surface area contributed by atoms with Crippen molar-refractivity contribution in [1.29, 1.82) is 0 Å². The number of thioether (sulfide) groups is 1. The summed E-state index contributed by atoms with van der Waals surface area (Å²) in [5.74, 6) is 0. The highest BCUT2D eigenvalue weighted by molar-refractivity contribution is 8.00. The molecule has 0 amide bonds. The maximum Gasteiger partial charge on any atom is 0.0301 e. The lowest BCUT2D eigenvalue weighted by atomic mass is 9.96. The molecule has 0 saturated heterocycles. The van der Waals surface area contributed by atoms with E-state index in [-0.39, 0.29) is 0 Å². The molecule has 1 heteroatoms. The SMILES string of the molecule is C=C1CCCCC1Sc1ccccc1CC. The summed E-state index contributed by atoms with van der Waals surface area (Å²) in [6.07, 6.45) is 6.37. The summed E-state index contributed by atoms with van der Waals surface area (Å²) in [5.41, 5.74) is 2.92. The van der Waals surface area contributed by atoms with Gasteiger partial charge in [0.15, 0.2) is 0 Å². The second-order valence-electron chi connectivity index (χ2n) is 4.47. The van der Waals surface area contributed by atoms with Crippen molar-refractivity contribution in [2.24, 2.45) is 0 Å². The highest BCUT2D eigenvalue weighted by Crippen LogP contribution is 2.37. The van der Waals surface area contributed by atoms with Gasteiger partial charge in [0.2, 0.25) is 0 Å². The Kier molecular flexibility index (Phi) is 4.11. The van der Waals surface area contributed by atoms with Crippen molar-refractivity contribution in [3.8, 4) is 0 Å². The van der Waals surface area contributed by atoms with E-state index in [9.17, 15) is 0 Å². The minimum atomic E-state index is 0.654. The van der Waals surface area contributed by atoms with E-state index < -0.39 is 0 Å². The van der Waals surface area contributed by atoms with Crippen LogP contribution in [0.3, 0.4) is 0 Å². The molecule has 0 nitrogen and oxygen atoms in total. The monoisotopic (exact) mass is 232 g/mol. The third-order valence-electron chi connectivity index (χ3n) is 3.29. The number of hydrogen-bond acceptors (Lipinski definition) is 1. The maximum atomic E-state index is 4.23. The number of aryl methyl sites for hydroxylation is 1. The van der Waals surface area contributed by atoms with Crippen LogP contribution in [0.15, 0.2) is 41.3 Å². The number of rotatable bonds is 3. The first-order chi connectivity index (χ1) is 7.81. The average Bonchev–Trinajstić information content (AvgIpc) is 2.33. The minimum absolute atomic E-state index is 0.654. The molecule has 16 heavy (non-hydrogen) atoms. The molecule has 0 spiro atoms. The van der Waals surface area contributed by atoms with E-state index in [1.165, 1.54) is 41.7 Å². The van der Waals surface area contributed by atoms with E-state index in [2.05, 4.69) is 37.8 Å². The Labute approximate surface area is 103 Å². The zero-order chi connectivity index (χ0) is 11.4. The molecule has 86 valence electrons. The lowest BCUT2D eigenvalue weighted by Crippen LogP contribution is -2.11. The number of benzene rings is 1. The summed E-state index contributed by atoms with van der Waals surface area (Å²) in [6.45, 7) is 6.46. The first-order valence-corrected chi connectivity index (χ1v) is 7.11. The van der Waals surface area contributed by atoms with E-state index in [0.29, 0.717) is 5.25 Å². The molecule has 1 unspecified atom stereocenters. The van der Waals surface area contributed by atoms with Gasteiger partial charge in [-0.1, -0.05) is 43.7 Å². The van der Waals surface area contributed by atoms with Gasteiger partial charge in [-0.15, -0.1) is 11.8 Å². The van der Waals surface area contributed by atoms with Gasteiger partial charge < -0.3 is 0 Å². The fourth-order valence-corrected chi connectivity index (χ4v) is 3.65. The zero-order valence-corrected chi connectivity index (χ0v) is 10.9. The average molecular weight is 232 g/mol. The molecule has 1 aromatic rings. The topological polar surface area (TPSA) is 0 Å². The zero-order valence-electron chi connectivity index (χ0n) is 10.0. The molecule has 1 atom stereocenters. The minimum Gasteiger partial charge on any atom is -0.118 e. The van der Waals surface area contributed by atoms with Crippen LogP contribution in [-0.2, 0) is 6.42 Å². The van der Waals surface area contributed by atoms with E-state index in [1.54, 1.807) is 0 Å². The van der Waals surface area contributed by atoms with Gasteiger partial charge >= 0.3 is 0 Å². The van der Waals surface area contributed by atoms with Crippen molar-refractivity contribution in [2.75, 3.05) is 0 Å². The van der Waals surface area contributed by atoms with E-state index in [1.807, 2.05) is 11.8 Å². The van der Waals surface area contributed by atoms with Gasteiger partial charge in [0.05, 0.1) is 0 Å². The molecule has 0 aromatic heterocycles. The van der Waals surface area contributed by atoms with E-state index in [4.69, 9.17) is 0 Å². The molecule has 1 aliphatic carbocycles. The summed E-state index contributed by atoms with van der Waals surface area (Å²) in [4.78, 5) is 1.46. The fraction of sp³-hybridized carbons (Fsp3) is 0.467. The van der Waals surface area contributed by atoms with Gasteiger partial charge in [-0.25, -0.2) is 0 Å². The van der Waals surface area contributed by atoms with Crippen molar-refractivity contribution < 1.29 is 0 Å². The molecule has 0 heterocycles. The van der Waals surface area contributed by atoms with Gasteiger partial charge in [-0.05, 0) is 37.3 Å². The van der Waals surface area contributed by atoms with Crippen LogP contribution in [0, 0.1) is 0 Å². The quantitative estimate of drug-likeness (QED) is 0.672. The molecule has 1 aromatic carbocycles. The second-order valence-corrected chi connectivity index (χ2v) is 5.72. The lowest BCUT2D eigenvalue weighted by molar-refractivity contribution is 0.611. The summed E-state index contributed by atoms with van der Waals surface area (Å²) < 4.78 is 0. The van der Waals surface area contributed by atoms with E-state index in [0.717, 1.165) is 6.42 Å². The van der Waals surface area contributed by atoms with Gasteiger partial charge in [0, 0.05) is 10.1 Å². The summed E-state index contributed by atoms with van der Waals surface area (Å²) in [5, 5.41) is 0.654. The Hall–Kier alpha value is -0.690. The first-order valence-electron chi connectivity index (χ1n) is 6.23. The van der Waals surface area contributed by atoms with Crippen LogP contribution in [0.1, 0.15) is 38.2 Å². The molecule has 2 rings (SSSR count). The van der Waals surface area contributed by atoms with Crippen LogP contribution in [0.2, 0.25) is 0 Å². The predicted octanol–water partition coefficient (Wildman–Crippen LogP) is 4.84.